The number of rotatable bonds is 4. The molecule has 0 bridgehead atoms. The molecule has 0 spiro atoms. The number of hydrogen-bond donors (Lipinski definition) is 0. The van der Waals surface area contributed by atoms with Crippen molar-refractivity contribution in [3.63, 3.8) is 0 Å². The maximum atomic E-state index is 5.08. The second kappa shape index (κ2) is 10.1. The molecule has 2 aliphatic carbocycles. The predicted molar refractivity (Wildman–Crippen MR) is 190 cm³/mol. The van der Waals surface area contributed by atoms with Crippen molar-refractivity contribution < 1.29 is 0 Å². The van der Waals surface area contributed by atoms with Gasteiger partial charge in [-0.05, 0) is 67.8 Å². The molecule has 46 heavy (non-hydrogen) atoms. The lowest BCUT2D eigenvalue weighted by Gasteiger charge is -2.22. The molecule has 0 saturated heterocycles. The summed E-state index contributed by atoms with van der Waals surface area (Å²) in [6.07, 6.45) is 1.16. The summed E-state index contributed by atoms with van der Waals surface area (Å²) in [7, 11) is 0. The molecule has 226 valence electrons. The lowest BCUT2D eigenvalue weighted by atomic mass is 9.82. The molecule has 0 radical (unpaired) electrons. The van der Waals surface area contributed by atoms with Crippen LogP contribution in [0.2, 0.25) is 0 Å². The molecular weight excluding hydrogens is 558 g/mol. The van der Waals surface area contributed by atoms with Gasteiger partial charge < -0.3 is 0 Å². The Balaban J connectivity index is 1.20. The fraction of sp³-hybridized carbons (Fsp3) is 0.233. The van der Waals surface area contributed by atoms with Crippen molar-refractivity contribution in [2.45, 2.75) is 64.2 Å². The minimum atomic E-state index is -0.0988. The van der Waals surface area contributed by atoms with E-state index >= 15 is 0 Å². The third kappa shape index (κ3) is 4.52. The van der Waals surface area contributed by atoms with E-state index in [0.717, 1.165) is 23.1 Å². The summed E-state index contributed by atoms with van der Waals surface area (Å²) in [6, 6.07) is 41.3. The van der Waals surface area contributed by atoms with Gasteiger partial charge in [-0.3, -0.25) is 0 Å². The van der Waals surface area contributed by atoms with Crippen LogP contribution in [0.3, 0.4) is 0 Å². The zero-order valence-electron chi connectivity index (χ0n) is 27.5. The van der Waals surface area contributed by atoms with E-state index in [-0.39, 0.29) is 16.2 Å². The molecule has 0 amide bonds. The average Bonchev–Trinajstić information content (AvgIpc) is 3.41. The van der Waals surface area contributed by atoms with Crippen molar-refractivity contribution in [2.75, 3.05) is 0 Å². The van der Waals surface area contributed by atoms with Gasteiger partial charge in [-0.25, -0.2) is 15.0 Å². The van der Waals surface area contributed by atoms with Crippen molar-refractivity contribution in [3.05, 3.63) is 138 Å². The Morgan fingerprint density at radius 1 is 0.391 bits per heavy atom. The Labute approximate surface area is 272 Å². The summed E-state index contributed by atoms with van der Waals surface area (Å²) < 4.78 is 0. The quantitative estimate of drug-likeness (QED) is 0.203. The summed E-state index contributed by atoms with van der Waals surface area (Å²) in [6.45, 7) is 14.1. The molecule has 0 N–H and O–H groups in total. The lowest BCUT2D eigenvalue weighted by Crippen LogP contribution is -2.17. The van der Waals surface area contributed by atoms with Gasteiger partial charge in [0.1, 0.15) is 0 Å². The van der Waals surface area contributed by atoms with Crippen molar-refractivity contribution in [2.24, 2.45) is 0 Å². The minimum absolute atomic E-state index is 0.0988. The third-order valence-electron chi connectivity index (χ3n) is 10.3. The molecule has 6 aromatic rings. The summed E-state index contributed by atoms with van der Waals surface area (Å²) in [5.41, 5.74) is 13.9. The maximum Gasteiger partial charge on any atom is 0.164 e. The molecule has 5 aromatic carbocycles. The number of benzene rings is 5. The molecule has 0 aliphatic heterocycles. The molecule has 3 heteroatoms. The molecule has 1 heterocycles. The first-order chi connectivity index (χ1) is 22.0. The van der Waals surface area contributed by atoms with Crippen molar-refractivity contribution >= 4 is 0 Å². The topological polar surface area (TPSA) is 38.7 Å². The Morgan fingerprint density at radius 2 is 0.891 bits per heavy atom. The highest BCUT2D eigenvalue weighted by Gasteiger charge is 2.41. The largest absolute Gasteiger partial charge is 0.208 e. The Bertz CT molecular complexity index is 2140. The number of nitrogens with zero attached hydrogens (tertiary/aromatic N) is 3. The van der Waals surface area contributed by atoms with Crippen LogP contribution in [0.4, 0.5) is 0 Å². The van der Waals surface area contributed by atoms with Gasteiger partial charge in [-0.15, -0.1) is 0 Å². The van der Waals surface area contributed by atoms with Gasteiger partial charge in [-0.2, -0.15) is 0 Å². The zero-order valence-corrected chi connectivity index (χ0v) is 27.5. The summed E-state index contributed by atoms with van der Waals surface area (Å²) in [5.74, 6) is 2.04. The van der Waals surface area contributed by atoms with Gasteiger partial charge in [0.15, 0.2) is 17.5 Å². The first-order valence-electron chi connectivity index (χ1n) is 16.3. The molecule has 0 atom stereocenters. The van der Waals surface area contributed by atoms with E-state index in [0.29, 0.717) is 17.5 Å². The van der Waals surface area contributed by atoms with Crippen LogP contribution in [0.1, 0.15) is 70.2 Å². The molecule has 8 rings (SSSR count). The molecule has 0 saturated carbocycles. The van der Waals surface area contributed by atoms with Crippen LogP contribution in [-0.4, -0.2) is 15.0 Å². The number of fused-ring (bicyclic) bond motifs is 4. The SMILES string of the molecule is CC1(C)CC(C)(C)c2cc(-c3ccc(-c4nc(-c5ccccc5)nc(-c5ccc6c(c5)C(C)(C)c5ccccc5-6)n4)cc3)ccc21. The molecule has 0 fully saturated rings. The second-order valence-electron chi connectivity index (χ2n) is 14.9. The fourth-order valence-electron chi connectivity index (χ4n) is 8.17. The summed E-state index contributed by atoms with van der Waals surface area (Å²) in [5, 5.41) is 0. The standard InChI is InChI=1S/C43H39N3/c1-41(2)26-42(3,4)37-24-30(21-23-35(37)41)27-16-18-29(19-17-27)39-44-38(28-12-8-7-9-13-28)45-40(46-39)31-20-22-33-32-14-10-11-15-34(32)43(5,6)36(33)25-31/h7-25H,26H2,1-6H3. The smallest absolute Gasteiger partial charge is 0.164 e. The van der Waals surface area contributed by atoms with Gasteiger partial charge in [-0.1, -0.05) is 151 Å². The van der Waals surface area contributed by atoms with E-state index in [4.69, 9.17) is 15.0 Å². The average molecular weight is 598 g/mol. The van der Waals surface area contributed by atoms with Crippen LogP contribution < -0.4 is 0 Å². The first-order valence-corrected chi connectivity index (χ1v) is 16.3. The molecule has 0 unspecified atom stereocenters. The van der Waals surface area contributed by atoms with Gasteiger partial charge in [0, 0.05) is 22.1 Å². The van der Waals surface area contributed by atoms with Crippen molar-refractivity contribution in [1.29, 1.82) is 0 Å². The minimum Gasteiger partial charge on any atom is -0.208 e. The van der Waals surface area contributed by atoms with Crippen LogP contribution in [-0.2, 0) is 16.2 Å². The summed E-state index contributed by atoms with van der Waals surface area (Å²) in [4.78, 5) is 15.1. The van der Waals surface area contributed by atoms with Crippen LogP contribution in [0.15, 0.2) is 115 Å². The fourth-order valence-corrected chi connectivity index (χ4v) is 8.17. The number of aromatic nitrogens is 3. The first kappa shape index (κ1) is 28.6. The molecule has 3 nitrogen and oxygen atoms in total. The summed E-state index contributed by atoms with van der Waals surface area (Å²) >= 11 is 0. The van der Waals surface area contributed by atoms with E-state index in [2.05, 4.69) is 139 Å². The number of hydrogen-bond acceptors (Lipinski definition) is 3. The van der Waals surface area contributed by atoms with Gasteiger partial charge in [0.05, 0.1) is 0 Å². The highest BCUT2D eigenvalue weighted by Crippen LogP contribution is 2.51. The van der Waals surface area contributed by atoms with E-state index < -0.39 is 0 Å². The van der Waals surface area contributed by atoms with Gasteiger partial charge >= 0.3 is 0 Å². The molecular formula is C43H39N3. The normalized spacial score (nSPS) is 16.5. The highest BCUT2D eigenvalue weighted by molar-refractivity contribution is 5.83. The lowest BCUT2D eigenvalue weighted by molar-refractivity contribution is 0.403. The predicted octanol–water partition coefficient (Wildman–Crippen LogP) is 10.8. The molecule has 1 aromatic heterocycles. The second-order valence-corrected chi connectivity index (χ2v) is 14.9. The Hall–Kier alpha value is -4.89. The van der Waals surface area contributed by atoms with Gasteiger partial charge in [0.25, 0.3) is 0 Å². The van der Waals surface area contributed by atoms with Crippen molar-refractivity contribution in [3.8, 4) is 56.4 Å². The highest BCUT2D eigenvalue weighted by atomic mass is 15.0. The Kier molecular flexibility index (Phi) is 6.25. The molecule has 2 aliphatic rings. The van der Waals surface area contributed by atoms with E-state index in [1.807, 2.05) is 18.2 Å². The van der Waals surface area contributed by atoms with Crippen LogP contribution in [0.5, 0.6) is 0 Å². The van der Waals surface area contributed by atoms with Crippen LogP contribution >= 0.6 is 0 Å². The van der Waals surface area contributed by atoms with E-state index in [1.54, 1.807) is 0 Å². The zero-order chi connectivity index (χ0) is 31.8. The van der Waals surface area contributed by atoms with Crippen LogP contribution in [0, 0.1) is 0 Å². The third-order valence-corrected chi connectivity index (χ3v) is 10.3. The Morgan fingerprint density at radius 3 is 1.61 bits per heavy atom. The van der Waals surface area contributed by atoms with E-state index in [1.165, 1.54) is 44.5 Å². The monoisotopic (exact) mass is 597 g/mol. The van der Waals surface area contributed by atoms with Crippen LogP contribution in [0.25, 0.3) is 56.4 Å². The van der Waals surface area contributed by atoms with Gasteiger partial charge in [0.2, 0.25) is 0 Å². The van der Waals surface area contributed by atoms with Crippen molar-refractivity contribution in [1.82, 2.24) is 15.0 Å². The van der Waals surface area contributed by atoms with E-state index in [9.17, 15) is 0 Å². The maximum absolute atomic E-state index is 5.08.